The Balaban J connectivity index is 1.69. The number of fused-ring (bicyclic) bond motifs is 5. The second-order valence-corrected chi connectivity index (χ2v) is 6.09. The first kappa shape index (κ1) is 12.2. The first-order valence-electron chi connectivity index (χ1n) is 6.63. The van der Waals surface area contributed by atoms with Crippen LogP contribution in [0.4, 0.5) is 0 Å². The van der Waals surface area contributed by atoms with Crippen molar-refractivity contribution >= 4 is 28.7 Å². The maximum absolute atomic E-state index is 12.3. The van der Waals surface area contributed by atoms with Crippen LogP contribution < -0.4 is 0 Å². The molecule has 2 aliphatic carbocycles. The van der Waals surface area contributed by atoms with Crippen LogP contribution in [-0.2, 0) is 14.4 Å². The summed E-state index contributed by atoms with van der Waals surface area (Å²) in [6.45, 7) is 0.350. The summed E-state index contributed by atoms with van der Waals surface area (Å²) in [6.07, 6.45) is 3.95. The molecule has 1 saturated heterocycles. The van der Waals surface area contributed by atoms with Gasteiger partial charge in [-0.1, -0.05) is 0 Å². The van der Waals surface area contributed by atoms with Gasteiger partial charge >= 0.3 is 0 Å². The first-order chi connectivity index (χ1) is 8.59. The molecule has 0 N–H and O–H groups in total. The molecule has 4 nitrogen and oxygen atoms in total. The van der Waals surface area contributed by atoms with Crippen LogP contribution in [0.25, 0.3) is 0 Å². The van der Waals surface area contributed by atoms with Gasteiger partial charge in [-0.15, -0.1) is 0 Å². The summed E-state index contributed by atoms with van der Waals surface area (Å²) < 4.78 is 0. The van der Waals surface area contributed by atoms with Crippen LogP contribution in [0, 0.1) is 23.7 Å². The molecule has 98 valence electrons. The number of likely N-dealkylation sites (tertiary alicyclic amines) is 1. The fourth-order valence-corrected chi connectivity index (χ4v) is 4.20. The van der Waals surface area contributed by atoms with Crippen molar-refractivity contribution in [1.29, 1.82) is 0 Å². The summed E-state index contributed by atoms with van der Waals surface area (Å²) in [6, 6.07) is 0. The SMILES string of the molecule is O=C(Cl)CCCN1C(=O)[C@@H]2[C@H]3CC[C@H](C3)[C@@H]2C1=O. The Morgan fingerprint density at radius 1 is 1.17 bits per heavy atom. The largest absolute Gasteiger partial charge is 0.282 e. The summed E-state index contributed by atoms with van der Waals surface area (Å²) in [5.41, 5.74) is 0. The normalized spacial score (nSPS) is 37.5. The number of amides is 2. The Bertz CT molecular complexity index is 394. The highest BCUT2D eigenvalue weighted by Crippen LogP contribution is 2.56. The Morgan fingerprint density at radius 3 is 2.22 bits per heavy atom. The van der Waals surface area contributed by atoms with Crippen molar-refractivity contribution < 1.29 is 14.4 Å². The molecule has 2 bridgehead atoms. The van der Waals surface area contributed by atoms with E-state index in [1.165, 1.54) is 4.90 Å². The molecule has 0 radical (unpaired) electrons. The van der Waals surface area contributed by atoms with Crippen LogP contribution in [-0.4, -0.2) is 28.5 Å². The van der Waals surface area contributed by atoms with Crippen LogP contribution in [0.1, 0.15) is 32.1 Å². The number of carbonyl (C=O) groups excluding carboxylic acids is 3. The molecule has 0 spiro atoms. The van der Waals surface area contributed by atoms with Gasteiger partial charge in [-0.2, -0.15) is 0 Å². The average Bonchev–Trinajstić information content (AvgIpc) is 2.97. The Labute approximate surface area is 111 Å². The lowest BCUT2D eigenvalue weighted by molar-refractivity contribution is -0.141. The highest BCUT2D eigenvalue weighted by molar-refractivity contribution is 6.63. The Morgan fingerprint density at radius 2 is 1.72 bits per heavy atom. The second-order valence-electron chi connectivity index (χ2n) is 5.67. The van der Waals surface area contributed by atoms with E-state index in [4.69, 9.17) is 11.6 Å². The van der Waals surface area contributed by atoms with Gasteiger partial charge in [0.25, 0.3) is 0 Å². The minimum atomic E-state index is -0.408. The molecule has 3 aliphatic rings. The lowest BCUT2D eigenvalue weighted by Crippen LogP contribution is -2.33. The minimum absolute atomic E-state index is 0.000721. The van der Waals surface area contributed by atoms with Crippen LogP contribution in [0.2, 0.25) is 0 Å². The number of rotatable bonds is 4. The van der Waals surface area contributed by atoms with E-state index >= 15 is 0 Å². The monoisotopic (exact) mass is 269 g/mol. The lowest BCUT2D eigenvalue weighted by atomic mass is 9.81. The van der Waals surface area contributed by atoms with Gasteiger partial charge < -0.3 is 0 Å². The number of halogens is 1. The van der Waals surface area contributed by atoms with E-state index in [2.05, 4.69) is 0 Å². The number of hydrogen-bond donors (Lipinski definition) is 0. The van der Waals surface area contributed by atoms with E-state index < -0.39 is 5.24 Å². The third-order valence-corrected chi connectivity index (χ3v) is 4.96. The molecular formula is C13H16ClNO3. The summed E-state index contributed by atoms with van der Waals surface area (Å²) in [5.74, 6) is 0.747. The van der Waals surface area contributed by atoms with Crippen molar-refractivity contribution in [3.8, 4) is 0 Å². The molecule has 0 unspecified atom stereocenters. The zero-order chi connectivity index (χ0) is 12.9. The zero-order valence-electron chi connectivity index (χ0n) is 10.1. The Kier molecular flexibility index (Phi) is 2.93. The number of hydrogen-bond acceptors (Lipinski definition) is 3. The molecule has 2 amide bonds. The molecule has 1 aliphatic heterocycles. The van der Waals surface area contributed by atoms with E-state index in [-0.39, 0.29) is 30.1 Å². The second kappa shape index (κ2) is 4.34. The average molecular weight is 270 g/mol. The van der Waals surface area contributed by atoms with Gasteiger partial charge in [0.1, 0.15) is 0 Å². The van der Waals surface area contributed by atoms with Crippen LogP contribution in [0.5, 0.6) is 0 Å². The third-order valence-electron chi connectivity index (χ3n) is 4.77. The van der Waals surface area contributed by atoms with E-state index in [9.17, 15) is 14.4 Å². The molecule has 0 aromatic carbocycles. The van der Waals surface area contributed by atoms with Gasteiger partial charge in [-0.25, -0.2) is 0 Å². The van der Waals surface area contributed by atoms with Gasteiger partial charge in [0.2, 0.25) is 17.1 Å². The molecular weight excluding hydrogens is 254 g/mol. The number of nitrogens with zero attached hydrogens (tertiary/aromatic N) is 1. The van der Waals surface area contributed by atoms with E-state index in [0.717, 1.165) is 19.3 Å². The van der Waals surface area contributed by atoms with Crippen molar-refractivity contribution in [2.24, 2.45) is 23.7 Å². The van der Waals surface area contributed by atoms with Gasteiger partial charge in [0.15, 0.2) is 0 Å². The summed E-state index contributed by atoms with van der Waals surface area (Å²) in [5, 5.41) is -0.408. The highest BCUT2D eigenvalue weighted by Gasteiger charge is 2.60. The quantitative estimate of drug-likeness (QED) is 0.575. The van der Waals surface area contributed by atoms with Crippen molar-refractivity contribution in [2.75, 3.05) is 6.54 Å². The van der Waals surface area contributed by atoms with Crippen molar-refractivity contribution in [1.82, 2.24) is 4.90 Å². The molecule has 1 heterocycles. The predicted molar refractivity (Wildman–Crippen MR) is 64.6 cm³/mol. The third kappa shape index (κ3) is 1.69. The fraction of sp³-hybridized carbons (Fsp3) is 0.769. The molecule has 18 heavy (non-hydrogen) atoms. The lowest BCUT2D eigenvalue weighted by Gasteiger charge is -2.19. The minimum Gasteiger partial charge on any atom is -0.282 e. The van der Waals surface area contributed by atoms with Crippen LogP contribution in [0.15, 0.2) is 0 Å². The van der Waals surface area contributed by atoms with Crippen molar-refractivity contribution in [3.63, 3.8) is 0 Å². The van der Waals surface area contributed by atoms with E-state index in [1.807, 2.05) is 0 Å². The molecule has 2 saturated carbocycles. The van der Waals surface area contributed by atoms with Gasteiger partial charge in [0.05, 0.1) is 11.8 Å². The molecule has 0 aromatic rings. The number of imide groups is 1. The van der Waals surface area contributed by atoms with Crippen molar-refractivity contribution in [3.05, 3.63) is 0 Å². The van der Waals surface area contributed by atoms with Gasteiger partial charge in [-0.3, -0.25) is 19.3 Å². The van der Waals surface area contributed by atoms with Gasteiger partial charge in [-0.05, 0) is 49.1 Å². The van der Waals surface area contributed by atoms with E-state index in [0.29, 0.717) is 24.8 Å². The maximum atomic E-state index is 12.3. The summed E-state index contributed by atoms with van der Waals surface area (Å²) >= 11 is 5.26. The summed E-state index contributed by atoms with van der Waals surface area (Å²) in [7, 11) is 0. The van der Waals surface area contributed by atoms with Crippen molar-refractivity contribution in [2.45, 2.75) is 32.1 Å². The zero-order valence-corrected chi connectivity index (χ0v) is 10.9. The van der Waals surface area contributed by atoms with Crippen LogP contribution in [0.3, 0.4) is 0 Å². The number of carbonyl (C=O) groups is 3. The Hall–Kier alpha value is -0.900. The van der Waals surface area contributed by atoms with E-state index in [1.54, 1.807) is 0 Å². The molecule has 4 atom stereocenters. The smallest absolute Gasteiger partial charge is 0.233 e. The van der Waals surface area contributed by atoms with Gasteiger partial charge in [0, 0.05) is 13.0 Å². The molecule has 3 fully saturated rings. The molecule has 3 rings (SSSR count). The maximum Gasteiger partial charge on any atom is 0.233 e. The molecule has 5 heteroatoms. The standard InChI is InChI=1S/C13H16ClNO3/c14-9(16)2-1-5-15-12(17)10-7-3-4-8(6-7)11(10)13(15)18/h7-8,10-11H,1-6H2/t7-,8+,10+,11-. The first-order valence-corrected chi connectivity index (χ1v) is 7.01. The van der Waals surface area contributed by atoms with Crippen LogP contribution >= 0.6 is 11.6 Å². The predicted octanol–water partition coefficient (Wildman–Crippen LogP) is 1.56. The topological polar surface area (TPSA) is 54.5 Å². The molecule has 0 aromatic heterocycles. The summed E-state index contributed by atoms with van der Waals surface area (Å²) in [4.78, 5) is 36.5. The fourth-order valence-electron chi connectivity index (χ4n) is 4.07. The highest BCUT2D eigenvalue weighted by atomic mass is 35.5.